The largest absolute Gasteiger partial charge is 0.784 e. The smallest absolute Gasteiger partial charge is 0.311 e. The molecular weight excluding hydrogens is 242 g/mol. The van der Waals surface area contributed by atoms with Crippen LogP contribution in [0.4, 0.5) is 0 Å². The van der Waals surface area contributed by atoms with Gasteiger partial charge < -0.3 is 15.0 Å². The lowest BCUT2D eigenvalue weighted by Crippen LogP contribution is -2.59. The van der Waals surface area contributed by atoms with Crippen molar-refractivity contribution in [1.82, 2.24) is 5.06 Å². The molecule has 1 aliphatic rings. The number of hydroxylamine groups is 2. The fraction of sp³-hybridized carbons (Fsp3) is 0.933. The fourth-order valence-electron chi connectivity index (χ4n) is 2.71. The zero-order valence-corrected chi connectivity index (χ0v) is 13.4. The van der Waals surface area contributed by atoms with Gasteiger partial charge in [0.2, 0.25) is 0 Å². The van der Waals surface area contributed by atoms with Crippen LogP contribution in [-0.4, -0.2) is 28.2 Å². The maximum absolute atomic E-state index is 12.2. The minimum absolute atomic E-state index is 0.161. The minimum Gasteiger partial charge on any atom is -0.784 e. The molecule has 0 aromatic heterocycles. The second-order valence-corrected chi connectivity index (χ2v) is 7.59. The van der Waals surface area contributed by atoms with Gasteiger partial charge in [0.05, 0.1) is 5.41 Å². The van der Waals surface area contributed by atoms with Crippen LogP contribution in [0, 0.1) is 10.6 Å². The Morgan fingerprint density at radius 3 is 2.05 bits per heavy atom. The van der Waals surface area contributed by atoms with Gasteiger partial charge in [0.25, 0.3) is 0 Å². The first kappa shape index (κ1) is 16.4. The molecule has 0 radical (unpaired) electrons. The van der Waals surface area contributed by atoms with E-state index in [4.69, 9.17) is 4.74 Å². The first-order valence-electron chi connectivity index (χ1n) is 7.11. The predicted molar refractivity (Wildman–Crippen MR) is 76.6 cm³/mol. The first-order chi connectivity index (χ1) is 8.42. The molecule has 0 amide bonds. The Kier molecular flexibility index (Phi) is 4.38. The van der Waals surface area contributed by atoms with E-state index in [1.165, 1.54) is 0 Å². The van der Waals surface area contributed by atoms with E-state index in [1.54, 1.807) is 0 Å². The van der Waals surface area contributed by atoms with Crippen LogP contribution in [0.15, 0.2) is 0 Å². The van der Waals surface area contributed by atoms with E-state index in [0.717, 1.165) is 11.5 Å². The summed E-state index contributed by atoms with van der Waals surface area (Å²) in [6.45, 7) is 13.4. The van der Waals surface area contributed by atoms with Crippen molar-refractivity contribution >= 4 is 5.97 Å². The molecule has 1 saturated heterocycles. The lowest BCUT2D eigenvalue weighted by atomic mass is 9.80. The highest BCUT2D eigenvalue weighted by atomic mass is 16.5. The molecule has 0 unspecified atom stereocenters. The fourth-order valence-corrected chi connectivity index (χ4v) is 2.71. The summed E-state index contributed by atoms with van der Waals surface area (Å²) in [5.41, 5.74) is -1.45. The molecule has 0 N–H and O–H groups in total. The molecule has 1 rings (SSSR count). The van der Waals surface area contributed by atoms with E-state index in [2.05, 4.69) is 0 Å². The minimum atomic E-state index is -0.497. The van der Waals surface area contributed by atoms with Crippen molar-refractivity contribution in [2.24, 2.45) is 5.41 Å². The average Bonchev–Trinajstić information content (AvgIpc) is 2.24. The SMILES string of the molecule is CCC(C)(C)C(=O)OC1CC(C)(C)N([O-])C(C)(C)C1. The third-order valence-corrected chi connectivity index (χ3v) is 4.26. The highest BCUT2D eigenvalue weighted by Crippen LogP contribution is 2.39. The van der Waals surface area contributed by atoms with Crippen LogP contribution in [0.3, 0.4) is 0 Å². The molecule has 112 valence electrons. The molecule has 0 atom stereocenters. The van der Waals surface area contributed by atoms with Crippen LogP contribution in [0.2, 0.25) is 0 Å². The van der Waals surface area contributed by atoms with Gasteiger partial charge in [-0.25, -0.2) is 0 Å². The highest BCUT2D eigenvalue weighted by molar-refractivity contribution is 5.76. The zero-order valence-electron chi connectivity index (χ0n) is 13.4. The molecule has 0 aliphatic carbocycles. The van der Waals surface area contributed by atoms with Crippen molar-refractivity contribution < 1.29 is 9.53 Å². The molecule has 4 heteroatoms. The van der Waals surface area contributed by atoms with Gasteiger partial charge >= 0.3 is 5.97 Å². The van der Waals surface area contributed by atoms with Crippen LogP contribution in [0.25, 0.3) is 0 Å². The van der Waals surface area contributed by atoms with Crippen LogP contribution in [-0.2, 0) is 9.53 Å². The predicted octanol–water partition coefficient (Wildman–Crippen LogP) is 3.49. The van der Waals surface area contributed by atoms with Gasteiger partial charge in [-0.15, -0.1) is 0 Å². The van der Waals surface area contributed by atoms with E-state index in [1.807, 2.05) is 48.5 Å². The summed E-state index contributed by atoms with van der Waals surface area (Å²) < 4.78 is 5.66. The number of carbonyl (C=O) groups excluding carboxylic acids is 1. The van der Waals surface area contributed by atoms with Gasteiger partial charge in [0.1, 0.15) is 6.10 Å². The van der Waals surface area contributed by atoms with Gasteiger partial charge in [0, 0.05) is 23.9 Å². The summed E-state index contributed by atoms with van der Waals surface area (Å²) in [6, 6.07) is 0. The van der Waals surface area contributed by atoms with Crippen LogP contribution in [0.5, 0.6) is 0 Å². The third-order valence-electron chi connectivity index (χ3n) is 4.26. The zero-order chi connectivity index (χ0) is 15.1. The highest BCUT2D eigenvalue weighted by Gasteiger charge is 2.42. The summed E-state index contributed by atoms with van der Waals surface area (Å²) in [5, 5.41) is 13.4. The van der Waals surface area contributed by atoms with E-state index in [9.17, 15) is 10.0 Å². The second kappa shape index (κ2) is 5.06. The summed E-state index contributed by atoms with van der Waals surface area (Å²) in [4.78, 5) is 12.2. The number of nitrogens with zero attached hydrogens (tertiary/aromatic N) is 1. The number of ether oxygens (including phenoxy) is 1. The van der Waals surface area contributed by atoms with Crippen molar-refractivity contribution in [2.75, 3.05) is 0 Å². The van der Waals surface area contributed by atoms with Crippen molar-refractivity contribution in [2.45, 2.75) is 84.9 Å². The van der Waals surface area contributed by atoms with Crippen molar-refractivity contribution in [3.8, 4) is 0 Å². The lowest BCUT2D eigenvalue weighted by Gasteiger charge is -2.59. The third kappa shape index (κ3) is 3.48. The molecule has 0 bridgehead atoms. The number of carbonyl (C=O) groups is 1. The topological polar surface area (TPSA) is 52.6 Å². The van der Waals surface area contributed by atoms with Crippen molar-refractivity contribution in [3.63, 3.8) is 0 Å². The van der Waals surface area contributed by atoms with Crippen molar-refractivity contribution in [3.05, 3.63) is 5.21 Å². The maximum Gasteiger partial charge on any atom is 0.311 e. The molecule has 0 aromatic rings. The lowest BCUT2D eigenvalue weighted by molar-refractivity contribution is -0.168. The van der Waals surface area contributed by atoms with Crippen LogP contribution >= 0.6 is 0 Å². The van der Waals surface area contributed by atoms with Crippen LogP contribution in [0.1, 0.15) is 67.7 Å². The molecule has 0 aromatic carbocycles. The summed E-state index contributed by atoms with van der Waals surface area (Å²) in [7, 11) is 0. The van der Waals surface area contributed by atoms with E-state index >= 15 is 0 Å². The number of rotatable bonds is 3. The molecule has 1 fully saturated rings. The molecule has 0 spiro atoms. The van der Waals surface area contributed by atoms with Gasteiger partial charge in [-0.2, -0.15) is 0 Å². The quantitative estimate of drug-likeness (QED) is 0.737. The molecule has 4 nitrogen and oxygen atoms in total. The summed E-state index contributed by atoms with van der Waals surface area (Å²) in [6.07, 6.45) is 1.75. The Labute approximate surface area is 117 Å². The first-order valence-corrected chi connectivity index (χ1v) is 7.11. The normalized spacial score (nSPS) is 24.2. The number of esters is 1. The molecular formula is C15H28NO3-. The Balaban J connectivity index is 2.79. The van der Waals surface area contributed by atoms with E-state index < -0.39 is 16.5 Å². The molecule has 1 heterocycles. The maximum atomic E-state index is 12.2. The van der Waals surface area contributed by atoms with Crippen LogP contribution < -0.4 is 0 Å². The molecule has 19 heavy (non-hydrogen) atoms. The molecule has 1 aliphatic heterocycles. The monoisotopic (exact) mass is 270 g/mol. The number of piperidine rings is 1. The summed E-state index contributed by atoms with van der Waals surface area (Å²) in [5.74, 6) is -0.161. The Morgan fingerprint density at radius 1 is 1.26 bits per heavy atom. The van der Waals surface area contributed by atoms with E-state index in [0.29, 0.717) is 12.8 Å². The standard InChI is InChI=1S/C15H28NO3/c1-8-13(2,3)12(17)19-11-9-14(4,5)16(18)15(6,7)10-11/h11H,8-10H2,1-7H3/q-1. The van der Waals surface area contributed by atoms with Gasteiger partial charge in [0.15, 0.2) is 0 Å². The van der Waals surface area contributed by atoms with Crippen molar-refractivity contribution in [1.29, 1.82) is 0 Å². The molecule has 0 saturated carbocycles. The van der Waals surface area contributed by atoms with E-state index in [-0.39, 0.29) is 12.1 Å². The van der Waals surface area contributed by atoms with Gasteiger partial charge in [-0.3, -0.25) is 4.79 Å². The average molecular weight is 270 g/mol. The second-order valence-electron chi connectivity index (χ2n) is 7.59. The number of hydrogen-bond acceptors (Lipinski definition) is 4. The Bertz CT molecular complexity index is 329. The number of hydrogen-bond donors (Lipinski definition) is 0. The Morgan fingerprint density at radius 2 is 1.68 bits per heavy atom. The van der Waals surface area contributed by atoms with Gasteiger partial charge in [-0.1, -0.05) is 6.92 Å². The summed E-state index contributed by atoms with van der Waals surface area (Å²) >= 11 is 0. The Hall–Kier alpha value is -0.610. The van der Waals surface area contributed by atoms with Gasteiger partial charge in [-0.05, 0) is 48.0 Å².